The van der Waals surface area contributed by atoms with E-state index in [0.29, 0.717) is 0 Å². The van der Waals surface area contributed by atoms with Crippen LogP contribution < -0.4 is 5.32 Å². The van der Waals surface area contributed by atoms with Crippen molar-refractivity contribution in [3.8, 4) is 0 Å². The van der Waals surface area contributed by atoms with Crippen LogP contribution in [0.1, 0.15) is 45.8 Å². The molecule has 3 nitrogen and oxygen atoms in total. The summed E-state index contributed by atoms with van der Waals surface area (Å²) < 4.78 is 0. The predicted molar refractivity (Wildman–Crippen MR) is 83.5 cm³/mol. The maximum atomic E-state index is 12.6. The number of aryl methyl sites for hydroxylation is 2. The predicted octanol–water partition coefficient (Wildman–Crippen LogP) is 2.70. The quantitative estimate of drug-likeness (QED) is 0.929. The highest BCUT2D eigenvalue weighted by Gasteiger charge is 2.25. The molecule has 20 heavy (non-hydrogen) atoms. The van der Waals surface area contributed by atoms with Crippen LogP contribution in [0.3, 0.4) is 0 Å². The molecule has 0 saturated carbocycles. The Morgan fingerprint density at radius 1 is 1.35 bits per heavy atom. The zero-order chi connectivity index (χ0) is 13.9. The first-order valence-corrected chi connectivity index (χ1v) is 8.65. The normalized spacial score (nSPS) is 19.9. The molecule has 4 heteroatoms. The van der Waals surface area contributed by atoms with Crippen LogP contribution in [0.25, 0.3) is 0 Å². The van der Waals surface area contributed by atoms with E-state index >= 15 is 0 Å². The molecule has 1 fully saturated rings. The molecule has 0 unspecified atom stereocenters. The van der Waals surface area contributed by atoms with Gasteiger partial charge in [-0.1, -0.05) is 0 Å². The van der Waals surface area contributed by atoms with Crippen LogP contribution in [-0.2, 0) is 12.8 Å². The lowest BCUT2D eigenvalue weighted by molar-refractivity contribution is 0.0696. The van der Waals surface area contributed by atoms with Gasteiger partial charge in [0.05, 0.1) is 4.88 Å². The van der Waals surface area contributed by atoms with E-state index < -0.39 is 0 Å². The molecule has 3 rings (SSSR count). The Balaban J connectivity index is 1.63. The third kappa shape index (κ3) is 2.91. The maximum Gasteiger partial charge on any atom is 0.263 e. The van der Waals surface area contributed by atoms with Gasteiger partial charge in [0.15, 0.2) is 0 Å². The number of likely N-dealkylation sites (tertiary alicyclic amines) is 1. The van der Waals surface area contributed by atoms with Crippen LogP contribution in [0.5, 0.6) is 0 Å². The zero-order valence-corrected chi connectivity index (χ0v) is 13.1. The summed E-state index contributed by atoms with van der Waals surface area (Å²) in [5.74, 6) is 1.01. The van der Waals surface area contributed by atoms with Crippen molar-refractivity contribution in [3.63, 3.8) is 0 Å². The topological polar surface area (TPSA) is 32.3 Å². The Bertz CT molecular complexity index is 451. The maximum absolute atomic E-state index is 12.6. The van der Waals surface area contributed by atoms with E-state index in [1.165, 1.54) is 36.1 Å². The van der Waals surface area contributed by atoms with Crippen LogP contribution >= 0.6 is 11.3 Å². The van der Waals surface area contributed by atoms with Gasteiger partial charge in [-0.2, -0.15) is 0 Å². The third-order valence-electron chi connectivity index (χ3n) is 4.60. The molecule has 1 aliphatic heterocycles. The highest BCUT2D eigenvalue weighted by Crippen LogP contribution is 2.31. The van der Waals surface area contributed by atoms with Gasteiger partial charge in [-0.25, -0.2) is 0 Å². The molecule has 1 aromatic rings. The summed E-state index contributed by atoms with van der Waals surface area (Å²) in [5, 5.41) is 3.24. The van der Waals surface area contributed by atoms with Gasteiger partial charge in [-0.15, -0.1) is 11.3 Å². The number of hydrogen-bond acceptors (Lipinski definition) is 3. The van der Waals surface area contributed by atoms with Crippen molar-refractivity contribution < 1.29 is 4.79 Å². The number of fused-ring (bicyclic) bond motifs is 1. The number of thiophene rings is 1. The highest BCUT2D eigenvalue weighted by atomic mass is 32.1. The summed E-state index contributed by atoms with van der Waals surface area (Å²) in [6.07, 6.45) is 7.19. The molecule has 1 aromatic heterocycles. The average molecular weight is 292 g/mol. The lowest BCUT2D eigenvalue weighted by Crippen LogP contribution is -2.40. The lowest BCUT2D eigenvalue weighted by atomic mass is 9.96. The molecule has 1 amide bonds. The van der Waals surface area contributed by atoms with E-state index in [1.54, 1.807) is 11.3 Å². The molecule has 0 aromatic carbocycles. The Labute approximate surface area is 125 Å². The largest absolute Gasteiger partial charge is 0.338 e. The molecule has 1 aliphatic carbocycles. The van der Waals surface area contributed by atoms with Gasteiger partial charge >= 0.3 is 0 Å². The van der Waals surface area contributed by atoms with Gasteiger partial charge in [0.1, 0.15) is 0 Å². The van der Waals surface area contributed by atoms with E-state index in [-0.39, 0.29) is 5.91 Å². The molecule has 1 N–H and O–H groups in total. The van der Waals surface area contributed by atoms with Crippen molar-refractivity contribution in [2.24, 2.45) is 5.92 Å². The van der Waals surface area contributed by atoms with Gasteiger partial charge in [-0.3, -0.25) is 4.79 Å². The molecule has 1 saturated heterocycles. The lowest BCUT2D eigenvalue weighted by Gasteiger charge is -2.31. The Morgan fingerprint density at radius 2 is 2.10 bits per heavy atom. The molecule has 0 radical (unpaired) electrons. The SMILES string of the molecule is CNCC1CCN(C(=O)c2cc3c(s2)CCCC3)CC1. The number of nitrogens with one attached hydrogen (secondary N) is 1. The van der Waals surface area contributed by atoms with E-state index in [9.17, 15) is 4.79 Å². The van der Waals surface area contributed by atoms with Gasteiger partial charge in [0.25, 0.3) is 5.91 Å². The number of carbonyl (C=O) groups is 1. The summed E-state index contributed by atoms with van der Waals surface area (Å²) in [5.41, 5.74) is 1.44. The zero-order valence-electron chi connectivity index (χ0n) is 12.3. The first kappa shape index (κ1) is 14.1. The van der Waals surface area contributed by atoms with Gasteiger partial charge in [0.2, 0.25) is 0 Å². The Morgan fingerprint density at radius 3 is 2.80 bits per heavy atom. The molecule has 0 atom stereocenters. The third-order valence-corrected chi connectivity index (χ3v) is 5.83. The second kappa shape index (κ2) is 6.27. The fourth-order valence-electron chi connectivity index (χ4n) is 3.38. The number of hydrogen-bond donors (Lipinski definition) is 1. The monoisotopic (exact) mass is 292 g/mol. The van der Waals surface area contributed by atoms with E-state index in [2.05, 4.69) is 16.3 Å². The van der Waals surface area contributed by atoms with E-state index in [0.717, 1.165) is 43.3 Å². The van der Waals surface area contributed by atoms with Crippen molar-refractivity contribution in [1.29, 1.82) is 0 Å². The van der Waals surface area contributed by atoms with Gasteiger partial charge in [-0.05, 0) is 69.7 Å². The van der Waals surface area contributed by atoms with E-state index in [1.807, 2.05) is 7.05 Å². The molecule has 110 valence electrons. The fourth-order valence-corrected chi connectivity index (χ4v) is 4.60. The van der Waals surface area contributed by atoms with Crippen LogP contribution in [0, 0.1) is 5.92 Å². The highest BCUT2D eigenvalue weighted by molar-refractivity contribution is 7.14. The standard InChI is InChI=1S/C16H24N2OS/c1-17-11-12-6-8-18(9-7-12)16(19)15-10-13-4-2-3-5-14(13)20-15/h10,12,17H,2-9,11H2,1H3. The number of piperidine rings is 1. The smallest absolute Gasteiger partial charge is 0.263 e. The van der Waals surface area contributed by atoms with Crippen LogP contribution in [0.2, 0.25) is 0 Å². The second-order valence-corrected chi connectivity index (χ2v) is 7.20. The van der Waals surface area contributed by atoms with Crippen molar-refractivity contribution in [1.82, 2.24) is 10.2 Å². The molecular weight excluding hydrogens is 268 g/mol. The average Bonchev–Trinajstić information content (AvgIpc) is 2.91. The van der Waals surface area contributed by atoms with Crippen molar-refractivity contribution in [2.75, 3.05) is 26.7 Å². The second-order valence-electron chi connectivity index (χ2n) is 6.06. The fraction of sp³-hybridized carbons (Fsp3) is 0.688. The molecule has 2 heterocycles. The number of amides is 1. The summed E-state index contributed by atoms with van der Waals surface area (Å²) >= 11 is 1.74. The summed E-state index contributed by atoms with van der Waals surface area (Å²) in [6.45, 7) is 2.93. The van der Waals surface area contributed by atoms with Gasteiger partial charge < -0.3 is 10.2 Å². The number of nitrogens with zero attached hydrogens (tertiary/aromatic N) is 1. The van der Waals surface area contributed by atoms with Crippen LogP contribution in [-0.4, -0.2) is 37.5 Å². The minimum atomic E-state index is 0.271. The van der Waals surface area contributed by atoms with Crippen molar-refractivity contribution in [3.05, 3.63) is 21.4 Å². The van der Waals surface area contributed by atoms with Crippen molar-refractivity contribution >= 4 is 17.2 Å². The summed E-state index contributed by atoms with van der Waals surface area (Å²) in [7, 11) is 2.01. The Hall–Kier alpha value is -0.870. The van der Waals surface area contributed by atoms with Gasteiger partial charge in [0, 0.05) is 18.0 Å². The molecule has 0 bridgehead atoms. The molecule has 2 aliphatic rings. The first-order valence-electron chi connectivity index (χ1n) is 7.83. The molecule has 0 spiro atoms. The minimum Gasteiger partial charge on any atom is -0.338 e. The first-order chi connectivity index (χ1) is 9.78. The summed E-state index contributed by atoms with van der Waals surface area (Å²) in [6, 6.07) is 2.17. The van der Waals surface area contributed by atoms with Crippen molar-refractivity contribution in [2.45, 2.75) is 38.5 Å². The molecular formula is C16H24N2OS. The Kier molecular flexibility index (Phi) is 4.41. The minimum absolute atomic E-state index is 0.271. The number of carbonyl (C=O) groups excluding carboxylic acids is 1. The van der Waals surface area contributed by atoms with Crippen LogP contribution in [0.15, 0.2) is 6.07 Å². The summed E-state index contributed by atoms with van der Waals surface area (Å²) in [4.78, 5) is 17.1. The van der Waals surface area contributed by atoms with Crippen LogP contribution in [0.4, 0.5) is 0 Å². The number of rotatable bonds is 3. The van der Waals surface area contributed by atoms with E-state index in [4.69, 9.17) is 0 Å².